The SMILES string of the molecule is O=C(Nc1ccc(F)cc1F)[C@@H]1CCCN1S(=O)(=O)c1ccc(Br)cc1. The quantitative estimate of drug-likeness (QED) is 0.784. The van der Waals surface area contributed by atoms with Crippen molar-refractivity contribution in [2.45, 2.75) is 23.8 Å². The minimum atomic E-state index is -3.86. The molecule has 2 aromatic rings. The first-order valence-electron chi connectivity index (χ1n) is 7.82. The zero-order valence-electron chi connectivity index (χ0n) is 13.5. The fraction of sp³-hybridized carbons (Fsp3) is 0.235. The minimum absolute atomic E-state index is 0.0772. The van der Waals surface area contributed by atoms with Crippen LogP contribution < -0.4 is 5.32 Å². The van der Waals surface area contributed by atoms with Gasteiger partial charge in [-0.2, -0.15) is 4.31 Å². The molecule has 1 N–H and O–H groups in total. The van der Waals surface area contributed by atoms with Crippen molar-refractivity contribution in [3.8, 4) is 0 Å². The zero-order valence-corrected chi connectivity index (χ0v) is 15.9. The first kappa shape index (κ1) is 18.9. The highest BCUT2D eigenvalue weighted by atomic mass is 79.9. The van der Waals surface area contributed by atoms with Gasteiger partial charge in [0.05, 0.1) is 10.6 Å². The standard InChI is InChI=1S/C17H15BrF2N2O3S/c18-11-3-6-13(7-4-11)26(24,25)22-9-1-2-16(22)17(23)21-15-8-5-12(19)10-14(15)20/h3-8,10,16H,1-2,9H2,(H,21,23)/t16-/m0/s1. The molecule has 9 heteroatoms. The maximum atomic E-state index is 13.7. The van der Waals surface area contributed by atoms with Crippen LogP contribution in [0.1, 0.15) is 12.8 Å². The highest BCUT2D eigenvalue weighted by Crippen LogP contribution is 2.28. The molecule has 0 bridgehead atoms. The molecule has 0 saturated carbocycles. The van der Waals surface area contributed by atoms with Crippen LogP contribution in [0.5, 0.6) is 0 Å². The van der Waals surface area contributed by atoms with Crippen molar-refractivity contribution in [2.75, 3.05) is 11.9 Å². The first-order valence-corrected chi connectivity index (χ1v) is 10.1. The Balaban J connectivity index is 1.83. The second kappa shape index (κ2) is 7.42. The number of amides is 1. The summed E-state index contributed by atoms with van der Waals surface area (Å²) >= 11 is 3.24. The predicted molar refractivity (Wildman–Crippen MR) is 96.0 cm³/mol. The number of carbonyl (C=O) groups is 1. The number of carbonyl (C=O) groups excluding carboxylic acids is 1. The first-order chi connectivity index (χ1) is 12.3. The molecule has 26 heavy (non-hydrogen) atoms. The van der Waals surface area contributed by atoms with Crippen molar-refractivity contribution in [3.05, 3.63) is 58.6 Å². The molecule has 1 aliphatic heterocycles. The Labute approximate surface area is 158 Å². The summed E-state index contributed by atoms with van der Waals surface area (Å²) in [5, 5.41) is 2.35. The number of halogens is 3. The average Bonchev–Trinajstić information content (AvgIpc) is 3.08. The van der Waals surface area contributed by atoms with Crippen LogP contribution in [0, 0.1) is 11.6 Å². The Hall–Kier alpha value is -1.84. The van der Waals surface area contributed by atoms with E-state index in [2.05, 4.69) is 21.2 Å². The molecular weight excluding hydrogens is 430 g/mol. The van der Waals surface area contributed by atoms with Crippen LogP contribution in [0.15, 0.2) is 51.8 Å². The van der Waals surface area contributed by atoms with E-state index in [0.29, 0.717) is 18.9 Å². The topological polar surface area (TPSA) is 66.5 Å². The predicted octanol–water partition coefficient (Wildman–Crippen LogP) is 3.52. The third-order valence-electron chi connectivity index (χ3n) is 4.12. The number of hydrogen-bond acceptors (Lipinski definition) is 3. The van der Waals surface area contributed by atoms with Gasteiger partial charge in [0.25, 0.3) is 0 Å². The third-order valence-corrected chi connectivity index (χ3v) is 6.57. The maximum absolute atomic E-state index is 13.7. The van der Waals surface area contributed by atoms with E-state index in [1.54, 1.807) is 12.1 Å². The minimum Gasteiger partial charge on any atom is -0.322 e. The van der Waals surface area contributed by atoms with Gasteiger partial charge < -0.3 is 5.32 Å². The van der Waals surface area contributed by atoms with Crippen molar-refractivity contribution >= 4 is 37.5 Å². The largest absolute Gasteiger partial charge is 0.322 e. The van der Waals surface area contributed by atoms with Crippen LogP contribution in [0.3, 0.4) is 0 Å². The number of nitrogens with zero attached hydrogens (tertiary/aromatic N) is 1. The molecule has 0 aromatic heterocycles. The van der Waals surface area contributed by atoms with E-state index in [1.165, 1.54) is 12.1 Å². The lowest BCUT2D eigenvalue weighted by Gasteiger charge is -2.23. The van der Waals surface area contributed by atoms with Gasteiger partial charge in [-0.15, -0.1) is 0 Å². The van der Waals surface area contributed by atoms with Crippen LogP contribution in [0.25, 0.3) is 0 Å². The Bertz CT molecular complexity index is 936. The number of rotatable bonds is 4. The number of sulfonamides is 1. The summed E-state index contributed by atoms with van der Waals surface area (Å²) in [6, 6.07) is 7.93. The molecule has 1 amide bonds. The smallest absolute Gasteiger partial charge is 0.243 e. The average molecular weight is 445 g/mol. The van der Waals surface area contributed by atoms with Crippen LogP contribution in [0.2, 0.25) is 0 Å². The summed E-state index contributed by atoms with van der Waals surface area (Å²) in [7, 11) is -3.86. The van der Waals surface area contributed by atoms with E-state index in [1.807, 2.05) is 0 Å². The molecule has 0 aliphatic carbocycles. The lowest BCUT2D eigenvalue weighted by molar-refractivity contribution is -0.119. The van der Waals surface area contributed by atoms with E-state index in [-0.39, 0.29) is 17.1 Å². The van der Waals surface area contributed by atoms with E-state index in [0.717, 1.165) is 20.9 Å². The van der Waals surface area contributed by atoms with Gasteiger partial charge in [0, 0.05) is 17.1 Å². The van der Waals surface area contributed by atoms with Gasteiger partial charge in [0.2, 0.25) is 15.9 Å². The van der Waals surface area contributed by atoms with Crippen molar-refractivity contribution in [2.24, 2.45) is 0 Å². The van der Waals surface area contributed by atoms with Gasteiger partial charge in [-0.1, -0.05) is 15.9 Å². The van der Waals surface area contributed by atoms with E-state index in [4.69, 9.17) is 0 Å². The van der Waals surface area contributed by atoms with Crippen LogP contribution in [-0.2, 0) is 14.8 Å². The molecule has 1 saturated heterocycles. The second-order valence-corrected chi connectivity index (χ2v) is 8.65. The lowest BCUT2D eigenvalue weighted by atomic mass is 10.2. The molecule has 0 radical (unpaired) electrons. The van der Waals surface area contributed by atoms with Gasteiger partial charge in [0.15, 0.2) is 0 Å². The highest BCUT2D eigenvalue weighted by molar-refractivity contribution is 9.10. The van der Waals surface area contributed by atoms with E-state index in [9.17, 15) is 22.0 Å². The molecule has 3 rings (SSSR count). The second-order valence-electron chi connectivity index (χ2n) is 5.84. The van der Waals surface area contributed by atoms with Crippen molar-refractivity contribution in [1.82, 2.24) is 4.31 Å². The molecular formula is C17H15BrF2N2O3S. The summed E-state index contributed by atoms with van der Waals surface area (Å²) in [5.41, 5.74) is -0.190. The number of anilines is 1. The number of nitrogens with one attached hydrogen (secondary N) is 1. The monoisotopic (exact) mass is 444 g/mol. The van der Waals surface area contributed by atoms with Crippen molar-refractivity contribution < 1.29 is 22.0 Å². The molecule has 1 fully saturated rings. The Morgan fingerprint density at radius 2 is 1.85 bits per heavy atom. The van der Waals surface area contributed by atoms with E-state index < -0.39 is 33.6 Å². The van der Waals surface area contributed by atoms with Gasteiger partial charge in [0.1, 0.15) is 17.7 Å². The Morgan fingerprint density at radius 1 is 1.15 bits per heavy atom. The van der Waals surface area contributed by atoms with Crippen LogP contribution in [-0.4, -0.2) is 31.2 Å². The summed E-state index contributed by atoms with van der Waals surface area (Å²) < 4.78 is 54.2. The normalized spacial score (nSPS) is 18.0. The Kier molecular flexibility index (Phi) is 5.40. The summed E-state index contributed by atoms with van der Waals surface area (Å²) in [6.07, 6.45) is 0.837. The lowest BCUT2D eigenvalue weighted by Crippen LogP contribution is -2.43. The zero-order chi connectivity index (χ0) is 18.9. The van der Waals surface area contributed by atoms with Crippen molar-refractivity contribution in [3.63, 3.8) is 0 Å². The Morgan fingerprint density at radius 3 is 2.50 bits per heavy atom. The molecule has 0 unspecified atom stereocenters. The summed E-state index contributed by atoms with van der Waals surface area (Å²) in [6.45, 7) is 0.197. The van der Waals surface area contributed by atoms with Gasteiger partial charge >= 0.3 is 0 Å². The summed E-state index contributed by atoms with van der Waals surface area (Å²) in [5.74, 6) is -2.33. The summed E-state index contributed by atoms with van der Waals surface area (Å²) in [4.78, 5) is 12.6. The maximum Gasteiger partial charge on any atom is 0.243 e. The highest BCUT2D eigenvalue weighted by Gasteiger charge is 2.39. The van der Waals surface area contributed by atoms with Gasteiger partial charge in [-0.05, 0) is 49.2 Å². The molecule has 1 heterocycles. The van der Waals surface area contributed by atoms with Crippen LogP contribution >= 0.6 is 15.9 Å². The van der Waals surface area contributed by atoms with Gasteiger partial charge in [-0.25, -0.2) is 17.2 Å². The fourth-order valence-corrected chi connectivity index (χ4v) is 4.76. The number of benzene rings is 2. The molecule has 5 nitrogen and oxygen atoms in total. The van der Waals surface area contributed by atoms with Crippen LogP contribution in [0.4, 0.5) is 14.5 Å². The van der Waals surface area contributed by atoms with Crippen molar-refractivity contribution in [1.29, 1.82) is 0 Å². The molecule has 0 spiro atoms. The molecule has 1 aliphatic rings. The molecule has 1 atom stereocenters. The fourth-order valence-electron chi connectivity index (χ4n) is 2.84. The molecule has 2 aromatic carbocycles. The number of hydrogen-bond donors (Lipinski definition) is 1. The van der Waals surface area contributed by atoms with E-state index >= 15 is 0 Å². The molecule has 138 valence electrons. The third kappa shape index (κ3) is 3.79. The van der Waals surface area contributed by atoms with Gasteiger partial charge in [-0.3, -0.25) is 4.79 Å².